The second kappa shape index (κ2) is 9.35. The van der Waals surface area contributed by atoms with E-state index in [9.17, 15) is 14.7 Å². The van der Waals surface area contributed by atoms with Gasteiger partial charge in [-0.25, -0.2) is 9.97 Å². The van der Waals surface area contributed by atoms with E-state index in [4.69, 9.17) is 0 Å². The first kappa shape index (κ1) is 24.5. The molecule has 1 N–H and O–H groups in total. The van der Waals surface area contributed by atoms with Gasteiger partial charge in [0.2, 0.25) is 0 Å². The van der Waals surface area contributed by atoms with Crippen molar-refractivity contribution in [3.63, 3.8) is 0 Å². The van der Waals surface area contributed by atoms with Gasteiger partial charge in [-0.15, -0.1) is 0 Å². The van der Waals surface area contributed by atoms with Gasteiger partial charge in [-0.3, -0.25) is 14.0 Å². The molecule has 4 heterocycles. The fourth-order valence-electron chi connectivity index (χ4n) is 4.99. The van der Waals surface area contributed by atoms with Gasteiger partial charge >= 0.3 is 0 Å². The van der Waals surface area contributed by atoms with Crippen molar-refractivity contribution in [1.82, 2.24) is 23.8 Å². The number of fused-ring (bicyclic) bond motifs is 1. The van der Waals surface area contributed by atoms with Crippen LogP contribution in [0.2, 0.25) is 0 Å². The number of aliphatic hydroxyl groups excluding tert-OH is 1. The van der Waals surface area contributed by atoms with Crippen LogP contribution in [-0.4, -0.2) is 47.2 Å². The third kappa shape index (κ3) is 4.43. The molecule has 1 amide bonds. The molecule has 0 saturated carbocycles. The normalized spacial score (nSPS) is 17.7. The number of pyridine rings is 1. The number of ketones is 1. The zero-order valence-corrected chi connectivity index (χ0v) is 21.5. The Balaban J connectivity index is 1.61. The zero-order chi connectivity index (χ0) is 26.3. The average molecular weight is 498 g/mol. The lowest BCUT2D eigenvalue weighted by Gasteiger charge is -2.26. The molecule has 3 aromatic heterocycles. The number of nitrogens with zero attached hydrogens (tertiary/aromatic N) is 5. The number of rotatable bonds is 6. The number of likely N-dealkylation sites (tertiary alicyclic amines) is 1. The van der Waals surface area contributed by atoms with E-state index in [1.807, 2.05) is 53.2 Å². The van der Waals surface area contributed by atoms with Crippen molar-refractivity contribution in [3.05, 3.63) is 95.5 Å². The monoisotopic (exact) mass is 497 g/mol. The molecule has 1 aromatic carbocycles. The van der Waals surface area contributed by atoms with Crippen LogP contribution in [0, 0.1) is 6.92 Å². The molecule has 8 nitrogen and oxygen atoms in total. The lowest BCUT2D eigenvalue weighted by atomic mass is 9.85. The number of aryl methyl sites for hydroxylation is 2. The zero-order valence-electron chi connectivity index (χ0n) is 21.5. The third-order valence-corrected chi connectivity index (χ3v) is 6.94. The van der Waals surface area contributed by atoms with Crippen molar-refractivity contribution in [2.45, 2.75) is 52.1 Å². The second-order valence-electron chi connectivity index (χ2n) is 10.5. The van der Waals surface area contributed by atoms with E-state index in [1.54, 1.807) is 34.9 Å². The minimum Gasteiger partial charge on any atom is -0.505 e. The first-order chi connectivity index (χ1) is 17.7. The van der Waals surface area contributed by atoms with Gasteiger partial charge < -0.3 is 14.6 Å². The van der Waals surface area contributed by atoms with E-state index < -0.39 is 17.7 Å². The summed E-state index contributed by atoms with van der Waals surface area (Å²) in [5.74, 6) is -1.50. The van der Waals surface area contributed by atoms with E-state index in [0.717, 1.165) is 11.1 Å². The first-order valence-electron chi connectivity index (χ1n) is 12.5. The second-order valence-corrected chi connectivity index (χ2v) is 10.5. The van der Waals surface area contributed by atoms with Crippen molar-refractivity contribution in [1.29, 1.82) is 0 Å². The fraction of sp³-hybridized carbons (Fsp3) is 0.310. The van der Waals surface area contributed by atoms with Crippen LogP contribution in [0.15, 0.2) is 73.0 Å². The Hall–Kier alpha value is -4.20. The molecule has 0 aliphatic carbocycles. The van der Waals surface area contributed by atoms with Gasteiger partial charge in [0.15, 0.2) is 5.76 Å². The third-order valence-electron chi connectivity index (χ3n) is 6.94. The van der Waals surface area contributed by atoms with E-state index in [0.29, 0.717) is 36.5 Å². The molecule has 0 spiro atoms. The van der Waals surface area contributed by atoms with Gasteiger partial charge in [0.05, 0.1) is 23.6 Å². The van der Waals surface area contributed by atoms with Crippen LogP contribution in [0.1, 0.15) is 55.7 Å². The molecular formula is C29H31N5O3. The van der Waals surface area contributed by atoms with Crippen LogP contribution < -0.4 is 0 Å². The summed E-state index contributed by atoms with van der Waals surface area (Å²) in [6.45, 7) is 9.21. The van der Waals surface area contributed by atoms with Crippen LogP contribution in [0.5, 0.6) is 0 Å². The quantitative estimate of drug-likeness (QED) is 0.238. The maximum atomic E-state index is 13.4. The molecule has 0 radical (unpaired) electrons. The summed E-state index contributed by atoms with van der Waals surface area (Å²) in [7, 11) is 0. The van der Waals surface area contributed by atoms with Crippen LogP contribution in [0.3, 0.4) is 0 Å². The summed E-state index contributed by atoms with van der Waals surface area (Å²) in [4.78, 5) is 37.0. The molecule has 190 valence electrons. The number of Topliss-reactive ketones (excluding diaryl/α,β-unsaturated/α-hetero) is 1. The number of hydrogen-bond acceptors (Lipinski definition) is 5. The highest BCUT2D eigenvalue weighted by Crippen LogP contribution is 2.40. The maximum Gasteiger partial charge on any atom is 0.295 e. The van der Waals surface area contributed by atoms with E-state index >= 15 is 0 Å². The highest BCUT2D eigenvalue weighted by molar-refractivity contribution is 6.46. The highest BCUT2D eigenvalue weighted by atomic mass is 16.3. The van der Waals surface area contributed by atoms with Gasteiger partial charge in [-0.05, 0) is 42.0 Å². The van der Waals surface area contributed by atoms with Crippen LogP contribution in [-0.2, 0) is 21.5 Å². The maximum absolute atomic E-state index is 13.4. The van der Waals surface area contributed by atoms with Crippen molar-refractivity contribution < 1.29 is 14.7 Å². The van der Waals surface area contributed by atoms with Crippen LogP contribution in [0.25, 0.3) is 11.4 Å². The molecule has 1 saturated heterocycles. The predicted molar refractivity (Wildman–Crippen MR) is 141 cm³/mol. The highest BCUT2D eigenvalue weighted by Gasteiger charge is 2.46. The molecule has 1 fully saturated rings. The van der Waals surface area contributed by atoms with E-state index in [-0.39, 0.29) is 16.7 Å². The lowest BCUT2D eigenvalue weighted by molar-refractivity contribution is -0.139. The molecule has 1 atom stereocenters. The smallest absolute Gasteiger partial charge is 0.295 e. The van der Waals surface area contributed by atoms with Gasteiger partial charge in [0, 0.05) is 31.7 Å². The van der Waals surface area contributed by atoms with Crippen molar-refractivity contribution in [2.24, 2.45) is 0 Å². The SMILES string of the molecule is Cc1nc2ccccn2c1/C(O)=C1\C(=O)C(=O)N(CCCn2ccnc2)C1c1ccc(C(C)(C)C)cc1. The standard InChI is InChI=1S/C29H31N5O3/c1-19-24(33-15-6-5-8-22(33)31-19)26(35)23-25(20-9-11-21(12-10-20)29(2,3)4)34(28(37)27(23)36)16-7-14-32-17-13-30-18-32/h5-6,8-13,15,17-18,25,35H,7,14,16H2,1-4H3/b26-23+. The Morgan fingerprint density at radius 3 is 2.46 bits per heavy atom. The Morgan fingerprint density at radius 2 is 1.78 bits per heavy atom. The summed E-state index contributed by atoms with van der Waals surface area (Å²) in [5.41, 5.74) is 3.62. The summed E-state index contributed by atoms with van der Waals surface area (Å²) in [6, 6.07) is 12.8. The molecule has 5 rings (SSSR count). The number of amides is 1. The number of imidazole rings is 2. The molecular weight excluding hydrogens is 466 g/mol. The van der Waals surface area contributed by atoms with Crippen molar-refractivity contribution in [3.8, 4) is 0 Å². The number of aromatic nitrogens is 4. The topological polar surface area (TPSA) is 92.7 Å². The fourth-order valence-corrected chi connectivity index (χ4v) is 4.99. The van der Waals surface area contributed by atoms with Gasteiger partial charge in [0.25, 0.3) is 11.7 Å². The Morgan fingerprint density at radius 1 is 1.03 bits per heavy atom. The molecule has 0 bridgehead atoms. The van der Waals surface area contributed by atoms with E-state index in [2.05, 4.69) is 30.7 Å². The minimum atomic E-state index is -0.703. The molecule has 1 aliphatic heterocycles. The van der Waals surface area contributed by atoms with Crippen LogP contribution in [0.4, 0.5) is 0 Å². The Kier molecular flexibility index (Phi) is 6.19. The number of aliphatic hydroxyl groups is 1. The Labute approximate surface area is 215 Å². The summed E-state index contributed by atoms with van der Waals surface area (Å²) >= 11 is 0. The number of hydrogen-bond donors (Lipinski definition) is 1. The summed E-state index contributed by atoms with van der Waals surface area (Å²) in [6.07, 6.45) is 7.73. The average Bonchev–Trinajstić information content (AvgIpc) is 3.56. The Bertz CT molecular complexity index is 1490. The van der Waals surface area contributed by atoms with Gasteiger partial charge in [0.1, 0.15) is 11.3 Å². The lowest BCUT2D eigenvalue weighted by Crippen LogP contribution is -2.31. The number of benzene rings is 1. The largest absolute Gasteiger partial charge is 0.505 e. The van der Waals surface area contributed by atoms with Crippen molar-refractivity contribution in [2.75, 3.05) is 6.54 Å². The molecule has 1 unspecified atom stereocenters. The van der Waals surface area contributed by atoms with Crippen molar-refractivity contribution >= 4 is 23.1 Å². The molecule has 4 aromatic rings. The molecule has 1 aliphatic rings. The van der Waals surface area contributed by atoms with Gasteiger partial charge in [-0.2, -0.15) is 0 Å². The summed E-state index contributed by atoms with van der Waals surface area (Å²) in [5, 5.41) is 11.6. The van der Waals surface area contributed by atoms with Gasteiger partial charge in [-0.1, -0.05) is 51.1 Å². The number of carbonyl (C=O) groups is 2. The molecule has 37 heavy (non-hydrogen) atoms. The predicted octanol–water partition coefficient (Wildman–Crippen LogP) is 4.65. The summed E-state index contributed by atoms with van der Waals surface area (Å²) < 4.78 is 3.68. The van der Waals surface area contributed by atoms with Crippen LogP contribution >= 0.6 is 0 Å². The molecule has 8 heteroatoms. The van der Waals surface area contributed by atoms with E-state index in [1.165, 1.54) is 0 Å². The minimum absolute atomic E-state index is 0.0429. The number of carbonyl (C=O) groups excluding carboxylic acids is 2. The first-order valence-corrected chi connectivity index (χ1v) is 12.5.